The molecule has 2 rings (SSSR count). The van der Waals surface area contributed by atoms with Crippen LogP contribution < -0.4 is 11.1 Å². The van der Waals surface area contributed by atoms with Crippen LogP contribution in [0.25, 0.3) is 0 Å². The second-order valence-corrected chi connectivity index (χ2v) is 5.40. The number of halogens is 1. The summed E-state index contributed by atoms with van der Waals surface area (Å²) in [6.07, 6.45) is 0. The fourth-order valence-electron chi connectivity index (χ4n) is 1.46. The van der Waals surface area contributed by atoms with Crippen LogP contribution in [0.2, 0.25) is 5.02 Å². The first-order chi connectivity index (χ1) is 9.99. The lowest BCUT2D eigenvalue weighted by Crippen LogP contribution is -2.32. The molecule has 2 amide bonds. The van der Waals surface area contributed by atoms with Crippen molar-refractivity contribution in [3.63, 3.8) is 0 Å². The minimum Gasteiger partial charge on any atom is -0.368 e. The molecule has 7 nitrogen and oxygen atoms in total. The number of anilines is 1. The number of nitrogens with zero attached hydrogens (tertiary/aromatic N) is 3. The summed E-state index contributed by atoms with van der Waals surface area (Å²) in [6.45, 7) is 0. The number of hydrogen-bond donors (Lipinski definition) is 2. The third-order valence-electron chi connectivity index (χ3n) is 2.57. The Morgan fingerprint density at radius 2 is 2.10 bits per heavy atom. The van der Waals surface area contributed by atoms with Crippen molar-refractivity contribution in [2.75, 3.05) is 11.5 Å². The molecular formula is C12H12ClN5O2S. The summed E-state index contributed by atoms with van der Waals surface area (Å²) in [5.74, 6) is -0.720. The number of hydrogen-bond acceptors (Lipinski definition) is 6. The van der Waals surface area contributed by atoms with E-state index in [0.717, 1.165) is 11.8 Å². The van der Waals surface area contributed by atoms with Gasteiger partial charge < -0.3 is 5.73 Å². The first-order valence-corrected chi connectivity index (χ1v) is 7.21. The van der Waals surface area contributed by atoms with Crippen LogP contribution in [-0.4, -0.2) is 32.3 Å². The minimum atomic E-state index is -0.538. The lowest BCUT2D eigenvalue weighted by Gasteiger charge is -2.05. The number of amides is 2. The Morgan fingerprint density at radius 1 is 1.38 bits per heavy atom. The Kier molecular flexibility index (Phi) is 4.81. The molecule has 3 N–H and O–H groups in total. The molecule has 1 heterocycles. The normalized spacial score (nSPS) is 10.4. The summed E-state index contributed by atoms with van der Waals surface area (Å²) in [5.41, 5.74) is 5.78. The van der Waals surface area contributed by atoms with Crippen molar-refractivity contribution in [3.8, 4) is 0 Å². The first-order valence-electron chi connectivity index (χ1n) is 5.85. The second-order valence-electron chi connectivity index (χ2n) is 4.05. The van der Waals surface area contributed by atoms with Gasteiger partial charge in [-0.15, -0.1) is 10.2 Å². The zero-order valence-electron chi connectivity index (χ0n) is 11.0. The highest BCUT2D eigenvalue weighted by atomic mass is 35.5. The van der Waals surface area contributed by atoms with Crippen molar-refractivity contribution in [2.45, 2.75) is 5.16 Å². The van der Waals surface area contributed by atoms with Crippen LogP contribution in [0.4, 0.5) is 5.95 Å². The maximum absolute atomic E-state index is 11.9. The van der Waals surface area contributed by atoms with E-state index >= 15 is 0 Å². The zero-order chi connectivity index (χ0) is 15.4. The van der Waals surface area contributed by atoms with Crippen LogP contribution in [-0.2, 0) is 11.8 Å². The molecule has 0 radical (unpaired) electrons. The number of nitrogens with one attached hydrogen (secondary N) is 1. The predicted molar refractivity (Wildman–Crippen MR) is 80.1 cm³/mol. The monoisotopic (exact) mass is 325 g/mol. The average Bonchev–Trinajstić information content (AvgIpc) is 2.77. The Labute approximate surface area is 129 Å². The van der Waals surface area contributed by atoms with Gasteiger partial charge >= 0.3 is 0 Å². The summed E-state index contributed by atoms with van der Waals surface area (Å²) in [4.78, 5) is 23.6. The van der Waals surface area contributed by atoms with Gasteiger partial charge in [0.1, 0.15) is 0 Å². The van der Waals surface area contributed by atoms with E-state index in [1.54, 1.807) is 35.9 Å². The van der Waals surface area contributed by atoms with Crippen molar-refractivity contribution in [2.24, 2.45) is 7.05 Å². The molecule has 0 saturated carbocycles. The van der Waals surface area contributed by atoms with E-state index in [-0.39, 0.29) is 22.3 Å². The third-order valence-corrected chi connectivity index (χ3v) is 3.92. The van der Waals surface area contributed by atoms with Gasteiger partial charge in [-0.05, 0) is 12.1 Å². The van der Waals surface area contributed by atoms with Gasteiger partial charge in [0.25, 0.3) is 5.91 Å². The molecule has 0 bridgehead atoms. The van der Waals surface area contributed by atoms with Crippen LogP contribution in [0.15, 0.2) is 29.4 Å². The smallest absolute Gasteiger partial charge is 0.259 e. The van der Waals surface area contributed by atoms with Crippen molar-refractivity contribution in [1.82, 2.24) is 20.1 Å². The molecule has 1 aromatic carbocycles. The molecule has 21 heavy (non-hydrogen) atoms. The average molecular weight is 326 g/mol. The lowest BCUT2D eigenvalue weighted by atomic mass is 10.2. The highest BCUT2D eigenvalue weighted by molar-refractivity contribution is 7.99. The number of nitrogens with two attached hydrogens (primary N) is 1. The molecule has 0 atom stereocenters. The molecule has 0 aliphatic heterocycles. The number of rotatable bonds is 4. The van der Waals surface area contributed by atoms with Gasteiger partial charge in [-0.3, -0.25) is 19.5 Å². The van der Waals surface area contributed by atoms with E-state index in [4.69, 9.17) is 17.3 Å². The van der Waals surface area contributed by atoms with Gasteiger partial charge in [-0.1, -0.05) is 35.5 Å². The molecule has 2 aromatic rings. The Hall–Kier alpha value is -2.06. The van der Waals surface area contributed by atoms with Crippen LogP contribution in [0, 0.1) is 0 Å². The molecule has 0 fully saturated rings. The van der Waals surface area contributed by atoms with Crippen molar-refractivity contribution < 1.29 is 9.59 Å². The topological polar surface area (TPSA) is 103 Å². The van der Waals surface area contributed by atoms with Crippen LogP contribution in [0.5, 0.6) is 0 Å². The summed E-state index contributed by atoms with van der Waals surface area (Å²) < 4.78 is 1.55. The van der Waals surface area contributed by atoms with E-state index in [1.165, 1.54) is 0 Å². The number of imide groups is 1. The van der Waals surface area contributed by atoms with Gasteiger partial charge in [0, 0.05) is 7.05 Å². The fraction of sp³-hybridized carbons (Fsp3) is 0.167. The van der Waals surface area contributed by atoms with Gasteiger partial charge in [-0.25, -0.2) is 0 Å². The molecule has 1 aromatic heterocycles. The highest BCUT2D eigenvalue weighted by Crippen LogP contribution is 2.17. The van der Waals surface area contributed by atoms with Gasteiger partial charge in [-0.2, -0.15) is 0 Å². The lowest BCUT2D eigenvalue weighted by molar-refractivity contribution is -0.117. The van der Waals surface area contributed by atoms with Crippen molar-refractivity contribution in [3.05, 3.63) is 34.9 Å². The molecule has 0 aliphatic rings. The van der Waals surface area contributed by atoms with E-state index in [9.17, 15) is 9.59 Å². The fourth-order valence-corrected chi connectivity index (χ4v) is 2.40. The predicted octanol–water partition coefficient (Wildman–Crippen LogP) is 1.10. The minimum absolute atomic E-state index is 0.0160. The standard InChI is InChI=1S/C12H12ClN5O2S/c1-18-11(14)16-17-12(18)21-6-9(19)15-10(20)7-4-2-3-5-8(7)13/h2-5H,6H2,1H3,(H2,14,16)(H,15,19,20). The molecule has 0 spiro atoms. The number of nitrogen functional groups attached to an aromatic ring is 1. The van der Waals surface area contributed by atoms with Gasteiger partial charge in [0.15, 0.2) is 5.16 Å². The summed E-state index contributed by atoms with van der Waals surface area (Å²) >= 11 is 7.02. The Bertz CT molecular complexity index is 688. The van der Waals surface area contributed by atoms with Crippen LogP contribution in [0.1, 0.15) is 10.4 Å². The largest absolute Gasteiger partial charge is 0.368 e. The summed E-state index contributed by atoms with van der Waals surface area (Å²) in [6, 6.07) is 6.50. The maximum atomic E-state index is 11.9. The quantitative estimate of drug-likeness (QED) is 0.816. The number of benzene rings is 1. The molecular weight excluding hydrogens is 314 g/mol. The number of carbonyl (C=O) groups is 2. The number of aromatic nitrogens is 3. The van der Waals surface area contributed by atoms with Crippen molar-refractivity contribution in [1.29, 1.82) is 0 Å². The molecule has 9 heteroatoms. The maximum Gasteiger partial charge on any atom is 0.259 e. The van der Waals surface area contributed by atoms with E-state index < -0.39 is 11.8 Å². The Morgan fingerprint density at radius 3 is 2.71 bits per heavy atom. The van der Waals surface area contributed by atoms with Crippen LogP contribution in [0.3, 0.4) is 0 Å². The zero-order valence-corrected chi connectivity index (χ0v) is 12.6. The van der Waals surface area contributed by atoms with Gasteiger partial charge in [0.05, 0.1) is 16.3 Å². The van der Waals surface area contributed by atoms with Crippen molar-refractivity contribution >= 4 is 41.1 Å². The highest BCUT2D eigenvalue weighted by Gasteiger charge is 2.14. The summed E-state index contributed by atoms with van der Waals surface area (Å²) in [5, 5.41) is 10.5. The summed E-state index contributed by atoms with van der Waals surface area (Å²) in [7, 11) is 1.68. The third kappa shape index (κ3) is 3.73. The number of carbonyl (C=O) groups excluding carboxylic acids is 2. The SMILES string of the molecule is Cn1c(N)nnc1SCC(=O)NC(=O)c1ccccc1Cl. The van der Waals surface area contributed by atoms with E-state index in [2.05, 4.69) is 15.5 Å². The first kappa shape index (κ1) is 15.3. The van der Waals surface area contributed by atoms with Crippen LogP contribution >= 0.6 is 23.4 Å². The van der Waals surface area contributed by atoms with E-state index in [0.29, 0.717) is 5.16 Å². The van der Waals surface area contributed by atoms with E-state index in [1.807, 2.05) is 0 Å². The molecule has 0 unspecified atom stereocenters. The van der Waals surface area contributed by atoms with Gasteiger partial charge in [0.2, 0.25) is 11.9 Å². The molecule has 110 valence electrons. The molecule has 0 saturated heterocycles. The molecule has 0 aliphatic carbocycles. The Balaban J connectivity index is 1.92. The second kappa shape index (κ2) is 6.59. The number of thioether (sulfide) groups is 1.